The van der Waals surface area contributed by atoms with E-state index in [0.717, 1.165) is 10.8 Å². The van der Waals surface area contributed by atoms with Crippen LogP contribution in [-0.2, 0) is 21.4 Å². The van der Waals surface area contributed by atoms with E-state index in [-0.39, 0.29) is 54.9 Å². The smallest absolute Gasteiger partial charge is 0.312 e. The van der Waals surface area contributed by atoms with Gasteiger partial charge in [0.25, 0.3) is 0 Å². The molecule has 4 rings (SSSR count). The highest BCUT2D eigenvalue weighted by Crippen LogP contribution is 2.24. The average Bonchev–Trinajstić information content (AvgIpc) is 3.06. The fraction of sp³-hybridized carbons (Fsp3) is 0.333. The Morgan fingerprint density at radius 1 is 1.06 bits per heavy atom. The van der Waals surface area contributed by atoms with Crippen molar-refractivity contribution in [1.82, 2.24) is 19.0 Å². The number of aryl methyl sites for hydroxylation is 1. The van der Waals surface area contributed by atoms with Gasteiger partial charge in [-0.3, -0.25) is 19.6 Å². The summed E-state index contributed by atoms with van der Waals surface area (Å²) in [7, 11) is -3.68. The van der Waals surface area contributed by atoms with E-state index in [2.05, 4.69) is 5.10 Å². The molecule has 1 fully saturated rings. The Morgan fingerprint density at radius 3 is 2.34 bits per heavy atom. The number of rotatable bonds is 5. The molecular formula is C21H23N5O5S. The second-order valence-corrected chi connectivity index (χ2v) is 9.67. The number of carbonyl (C=O) groups excluding carboxylic acids is 1. The number of sulfonamides is 1. The van der Waals surface area contributed by atoms with E-state index < -0.39 is 14.9 Å². The molecule has 0 radical (unpaired) electrons. The van der Waals surface area contributed by atoms with Gasteiger partial charge in [-0.15, -0.1) is 0 Å². The second-order valence-electron chi connectivity index (χ2n) is 7.73. The van der Waals surface area contributed by atoms with Crippen LogP contribution in [0.4, 0.5) is 5.69 Å². The predicted octanol–water partition coefficient (Wildman–Crippen LogP) is 2.09. The monoisotopic (exact) mass is 457 g/mol. The first kappa shape index (κ1) is 21.9. The van der Waals surface area contributed by atoms with Gasteiger partial charge < -0.3 is 4.90 Å². The minimum Gasteiger partial charge on any atom is -0.338 e. The van der Waals surface area contributed by atoms with Crippen LogP contribution in [0.5, 0.6) is 0 Å². The van der Waals surface area contributed by atoms with Crippen LogP contribution in [0.25, 0.3) is 10.8 Å². The molecule has 1 saturated heterocycles. The van der Waals surface area contributed by atoms with Crippen molar-refractivity contribution in [3.05, 3.63) is 64.0 Å². The molecule has 32 heavy (non-hydrogen) atoms. The van der Waals surface area contributed by atoms with Crippen molar-refractivity contribution >= 4 is 32.4 Å². The van der Waals surface area contributed by atoms with Gasteiger partial charge in [0, 0.05) is 26.2 Å². The molecule has 0 bridgehead atoms. The Kier molecular flexibility index (Phi) is 5.70. The quantitative estimate of drug-likeness (QED) is 0.428. The SMILES string of the molecule is Cc1nn(CC(=O)N2CCN(S(=O)(=O)c3ccc4ccccc4c3)CC2)c(C)c1[N+](=O)[O-]. The maximum atomic E-state index is 13.1. The molecule has 168 valence electrons. The lowest BCUT2D eigenvalue weighted by Crippen LogP contribution is -2.51. The molecule has 0 spiro atoms. The Bertz CT molecular complexity index is 1310. The maximum Gasteiger partial charge on any atom is 0.312 e. The van der Waals surface area contributed by atoms with Gasteiger partial charge in [-0.25, -0.2) is 8.42 Å². The molecule has 0 unspecified atom stereocenters. The highest BCUT2D eigenvalue weighted by atomic mass is 32.2. The molecule has 0 aliphatic carbocycles. The fourth-order valence-electron chi connectivity index (χ4n) is 3.99. The first-order chi connectivity index (χ1) is 15.2. The average molecular weight is 458 g/mol. The summed E-state index contributed by atoms with van der Waals surface area (Å²) in [6.07, 6.45) is 0. The zero-order chi connectivity index (χ0) is 23.0. The topological polar surface area (TPSA) is 119 Å². The van der Waals surface area contributed by atoms with Crippen LogP contribution in [0.15, 0.2) is 47.4 Å². The van der Waals surface area contributed by atoms with Crippen LogP contribution in [0.3, 0.4) is 0 Å². The molecule has 10 nitrogen and oxygen atoms in total. The van der Waals surface area contributed by atoms with E-state index in [9.17, 15) is 23.3 Å². The number of nitro groups is 1. The van der Waals surface area contributed by atoms with E-state index >= 15 is 0 Å². The van der Waals surface area contributed by atoms with Crippen LogP contribution >= 0.6 is 0 Å². The third kappa shape index (κ3) is 3.96. The van der Waals surface area contributed by atoms with Crippen molar-refractivity contribution in [2.24, 2.45) is 0 Å². The number of nitrogens with zero attached hydrogens (tertiary/aromatic N) is 5. The fourth-order valence-corrected chi connectivity index (χ4v) is 5.45. The lowest BCUT2D eigenvalue weighted by atomic mass is 10.1. The first-order valence-electron chi connectivity index (χ1n) is 10.1. The molecule has 11 heteroatoms. The zero-order valence-electron chi connectivity index (χ0n) is 17.8. The van der Waals surface area contributed by atoms with Crippen LogP contribution < -0.4 is 0 Å². The third-order valence-electron chi connectivity index (χ3n) is 5.76. The van der Waals surface area contributed by atoms with E-state index in [4.69, 9.17) is 0 Å². The molecule has 1 aliphatic heterocycles. The number of benzene rings is 2. The summed E-state index contributed by atoms with van der Waals surface area (Å²) in [5.74, 6) is -0.256. The molecule has 1 amide bonds. The van der Waals surface area contributed by atoms with E-state index in [1.54, 1.807) is 30.0 Å². The van der Waals surface area contributed by atoms with Gasteiger partial charge >= 0.3 is 5.69 Å². The van der Waals surface area contributed by atoms with Crippen molar-refractivity contribution in [3.8, 4) is 0 Å². The summed E-state index contributed by atoms with van der Waals surface area (Å²) in [5.41, 5.74) is 0.481. The summed E-state index contributed by atoms with van der Waals surface area (Å²) in [6, 6.07) is 12.6. The van der Waals surface area contributed by atoms with E-state index in [0.29, 0.717) is 5.69 Å². The Morgan fingerprint density at radius 2 is 1.72 bits per heavy atom. The Balaban J connectivity index is 1.43. The van der Waals surface area contributed by atoms with Gasteiger partial charge in [-0.1, -0.05) is 30.3 Å². The minimum atomic E-state index is -3.68. The maximum absolute atomic E-state index is 13.1. The zero-order valence-corrected chi connectivity index (χ0v) is 18.6. The largest absolute Gasteiger partial charge is 0.338 e. The van der Waals surface area contributed by atoms with Gasteiger partial charge in [-0.05, 0) is 36.8 Å². The molecule has 2 heterocycles. The number of fused-ring (bicyclic) bond motifs is 1. The molecular weight excluding hydrogens is 434 g/mol. The van der Waals surface area contributed by atoms with Crippen molar-refractivity contribution < 1.29 is 18.1 Å². The van der Waals surface area contributed by atoms with Crippen LogP contribution in [0, 0.1) is 24.0 Å². The van der Waals surface area contributed by atoms with Gasteiger partial charge in [0.05, 0.1) is 9.82 Å². The summed E-state index contributed by atoms with van der Waals surface area (Å²) >= 11 is 0. The highest BCUT2D eigenvalue weighted by Gasteiger charge is 2.31. The number of carbonyl (C=O) groups is 1. The predicted molar refractivity (Wildman–Crippen MR) is 118 cm³/mol. The first-order valence-corrected chi connectivity index (χ1v) is 11.6. The molecule has 1 aromatic heterocycles. The van der Waals surface area contributed by atoms with Crippen molar-refractivity contribution in [1.29, 1.82) is 0 Å². The Hall–Kier alpha value is -3.31. The standard InChI is InChI=1S/C21H23N5O5S/c1-15-21(26(28)29)16(2)25(22-15)14-20(27)23-9-11-24(12-10-23)32(30,31)19-8-7-17-5-3-4-6-18(17)13-19/h3-8,13H,9-12,14H2,1-2H3. The number of amides is 1. The number of hydrogen-bond acceptors (Lipinski definition) is 6. The molecule has 0 saturated carbocycles. The molecule has 0 N–H and O–H groups in total. The third-order valence-corrected chi connectivity index (χ3v) is 7.66. The van der Waals surface area contributed by atoms with Crippen molar-refractivity contribution in [3.63, 3.8) is 0 Å². The molecule has 2 aromatic carbocycles. The highest BCUT2D eigenvalue weighted by molar-refractivity contribution is 7.89. The van der Waals surface area contributed by atoms with Crippen LogP contribution in [0.1, 0.15) is 11.4 Å². The summed E-state index contributed by atoms with van der Waals surface area (Å²) in [5, 5.41) is 17.1. The van der Waals surface area contributed by atoms with Gasteiger partial charge in [0.15, 0.2) is 0 Å². The van der Waals surface area contributed by atoms with Crippen molar-refractivity contribution in [2.45, 2.75) is 25.3 Å². The molecule has 0 atom stereocenters. The normalized spacial score (nSPS) is 15.2. The number of hydrogen-bond donors (Lipinski definition) is 0. The van der Waals surface area contributed by atoms with E-state index in [1.165, 1.54) is 15.9 Å². The van der Waals surface area contributed by atoms with Gasteiger partial charge in [-0.2, -0.15) is 9.40 Å². The molecule has 3 aromatic rings. The van der Waals surface area contributed by atoms with Crippen LogP contribution in [-0.4, -0.2) is 64.4 Å². The molecule has 1 aliphatic rings. The minimum absolute atomic E-state index is 0.0934. The summed E-state index contributed by atoms with van der Waals surface area (Å²) in [6.45, 7) is 3.80. The second kappa shape index (κ2) is 8.32. The lowest BCUT2D eigenvalue weighted by molar-refractivity contribution is -0.386. The lowest BCUT2D eigenvalue weighted by Gasteiger charge is -2.34. The van der Waals surface area contributed by atoms with E-state index in [1.807, 2.05) is 24.3 Å². The Labute approximate surface area is 185 Å². The van der Waals surface area contributed by atoms with Crippen molar-refractivity contribution in [2.75, 3.05) is 26.2 Å². The number of aromatic nitrogens is 2. The van der Waals surface area contributed by atoms with Crippen LogP contribution in [0.2, 0.25) is 0 Å². The number of piperazine rings is 1. The summed E-state index contributed by atoms with van der Waals surface area (Å²) < 4.78 is 28.9. The summed E-state index contributed by atoms with van der Waals surface area (Å²) in [4.78, 5) is 25.2. The van der Waals surface area contributed by atoms with Gasteiger partial charge in [0.1, 0.15) is 17.9 Å². The van der Waals surface area contributed by atoms with Gasteiger partial charge in [0.2, 0.25) is 15.9 Å².